The van der Waals surface area contributed by atoms with Gasteiger partial charge in [0, 0.05) is 19.5 Å². The van der Waals surface area contributed by atoms with Crippen molar-refractivity contribution in [3.8, 4) is 5.75 Å². The molecule has 0 unspecified atom stereocenters. The van der Waals surface area contributed by atoms with Crippen molar-refractivity contribution in [3.05, 3.63) is 126 Å². The van der Waals surface area contributed by atoms with Crippen molar-refractivity contribution in [1.82, 2.24) is 10.2 Å². The van der Waals surface area contributed by atoms with E-state index in [1.165, 1.54) is 36.3 Å². The Bertz CT molecular complexity index is 1630. The number of hydrogen-bond donors (Lipinski definition) is 1. The Kier molecular flexibility index (Phi) is 11.1. The SMILES string of the molecule is CCCNC(=O)[C@H](Cc1ccccc1)N(Cc1cccc(OC)c1)C(=O)CN(c1ccc(F)cc1)S(=O)(=O)c1ccccc1. The average molecular weight is 618 g/mol. The first-order valence-electron chi connectivity index (χ1n) is 14.3. The summed E-state index contributed by atoms with van der Waals surface area (Å²) in [6.07, 6.45) is 0.898. The Morgan fingerprint density at radius 1 is 0.864 bits per heavy atom. The molecule has 0 spiro atoms. The van der Waals surface area contributed by atoms with Crippen LogP contribution in [0, 0.1) is 5.82 Å². The summed E-state index contributed by atoms with van der Waals surface area (Å²) in [7, 11) is -2.72. The number of methoxy groups -OCH3 is 1. The van der Waals surface area contributed by atoms with Crippen LogP contribution in [0.1, 0.15) is 24.5 Å². The van der Waals surface area contributed by atoms with Crippen LogP contribution in [0.2, 0.25) is 0 Å². The zero-order chi connectivity index (χ0) is 31.5. The standard InChI is InChI=1S/C34H36FN3O5S/c1-3-21-36-34(40)32(23-26-11-6-4-7-12-26)37(24-27-13-10-14-30(22-27)43-2)33(39)25-38(29-19-17-28(35)18-20-29)44(41,42)31-15-8-5-9-16-31/h4-20,22,32H,3,21,23-25H2,1-2H3,(H,36,40)/t32-/m0/s1. The highest BCUT2D eigenvalue weighted by atomic mass is 32.2. The maximum absolute atomic E-state index is 14.4. The molecule has 0 radical (unpaired) electrons. The Hall–Kier alpha value is -4.70. The topological polar surface area (TPSA) is 96.0 Å². The van der Waals surface area contributed by atoms with Gasteiger partial charge in [0.2, 0.25) is 11.8 Å². The Morgan fingerprint density at radius 2 is 1.50 bits per heavy atom. The molecule has 1 atom stereocenters. The number of hydrogen-bond acceptors (Lipinski definition) is 5. The van der Waals surface area contributed by atoms with Gasteiger partial charge in [-0.25, -0.2) is 12.8 Å². The van der Waals surface area contributed by atoms with Gasteiger partial charge in [-0.05, 0) is 66.1 Å². The molecule has 0 aromatic heterocycles. The third-order valence-electron chi connectivity index (χ3n) is 7.03. The van der Waals surface area contributed by atoms with Crippen LogP contribution in [0.3, 0.4) is 0 Å². The summed E-state index contributed by atoms with van der Waals surface area (Å²) in [5, 5.41) is 2.91. The van der Waals surface area contributed by atoms with Gasteiger partial charge in [0.25, 0.3) is 10.0 Å². The Labute approximate surface area is 258 Å². The monoisotopic (exact) mass is 617 g/mol. The number of nitrogens with one attached hydrogen (secondary N) is 1. The first-order chi connectivity index (χ1) is 21.2. The number of carbonyl (C=O) groups excluding carboxylic acids is 2. The van der Waals surface area contributed by atoms with Crippen molar-refractivity contribution >= 4 is 27.5 Å². The molecule has 0 aliphatic rings. The van der Waals surface area contributed by atoms with Gasteiger partial charge < -0.3 is 15.0 Å². The Balaban J connectivity index is 1.79. The van der Waals surface area contributed by atoms with Crippen LogP contribution in [0.4, 0.5) is 10.1 Å². The molecule has 0 saturated carbocycles. The summed E-state index contributed by atoms with van der Waals surface area (Å²) in [5.74, 6) is -0.938. The highest BCUT2D eigenvalue weighted by molar-refractivity contribution is 7.92. The fourth-order valence-electron chi connectivity index (χ4n) is 4.74. The van der Waals surface area contributed by atoms with Crippen molar-refractivity contribution in [3.63, 3.8) is 0 Å². The minimum atomic E-state index is -4.26. The second-order valence-corrected chi connectivity index (χ2v) is 12.0. The van der Waals surface area contributed by atoms with E-state index in [4.69, 9.17) is 4.74 Å². The fourth-order valence-corrected chi connectivity index (χ4v) is 6.18. The molecule has 230 valence electrons. The largest absolute Gasteiger partial charge is 0.497 e. The molecule has 4 aromatic carbocycles. The van der Waals surface area contributed by atoms with Crippen LogP contribution in [-0.4, -0.2) is 51.4 Å². The number of nitrogens with zero attached hydrogens (tertiary/aromatic N) is 2. The predicted molar refractivity (Wildman–Crippen MR) is 168 cm³/mol. The van der Waals surface area contributed by atoms with Gasteiger partial charge in [-0.15, -0.1) is 0 Å². The third kappa shape index (κ3) is 8.23. The van der Waals surface area contributed by atoms with E-state index in [1.807, 2.05) is 43.3 Å². The molecule has 0 saturated heterocycles. The molecule has 8 nitrogen and oxygen atoms in total. The summed E-state index contributed by atoms with van der Waals surface area (Å²) < 4.78 is 48.0. The van der Waals surface area contributed by atoms with Gasteiger partial charge in [-0.2, -0.15) is 0 Å². The maximum atomic E-state index is 14.4. The number of carbonyl (C=O) groups is 2. The molecule has 0 bridgehead atoms. The van der Waals surface area contributed by atoms with Gasteiger partial charge in [-0.1, -0.05) is 67.6 Å². The van der Waals surface area contributed by atoms with E-state index >= 15 is 0 Å². The van der Waals surface area contributed by atoms with Gasteiger partial charge >= 0.3 is 0 Å². The van der Waals surface area contributed by atoms with Crippen LogP contribution >= 0.6 is 0 Å². The summed E-state index contributed by atoms with van der Waals surface area (Å²) in [5.41, 5.74) is 1.64. The minimum absolute atomic E-state index is 0.00964. The van der Waals surface area contributed by atoms with E-state index in [1.54, 1.807) is 36.4 Å². The van der Waals surface area contributed by atoms with Crippen molar-refractivity contribution in [2.24, 2.45) is 0 Å². The molecular formula is C34H36FN3O5S. The smallest absolute Gasteiger partial charge is 0.264 e. The van der Waals surface area contributed by atoms with E-state index in [-0.39, 0.29) is 29.5 Å². The molecule has 10 heteroatoms. The van der Waals surface area contributed by atoms with Crippen molar-refractivity contribution in [2.45, 2.75) is 37.2 Å². The number of sulfonamides is 1. The second-order valence-electron chi connectivity index (χ2n) is 10.2. The molecule has 0 aliphatic heterocycles. The molecule has 0 fully saturated rings. The first-order valence-corrected chi connectivity index (χ1v) is 15.7. The van der Waals surface area contributed by atoms with Gasteiger partial charge in [-0.3, -0.25) is 13.9 Å². The summed E-state index contributed by atoms with van der Waals surface area (Å²) in [4.78, 5) is 29.4. The quantitative estimate of drug-likeness (QED) is 0.210. The lowest BCUT2D eigenvalue weighted by Gasteiger charge is -2.34. The number of halogens is 1. The van der Waals surface area contributed by atoms with Crippen LogP contribution in [0.15, 0.2) is 114 Å². The molecular weight excluding hydrogens is 581 g/mol. The Morgan fingerprint density at radius 3 is 2.14 bits per heavy atom. The van der Waals surface area contributed by atoms with Gasteiger partial charge in [0.05, 0.1) is 17.7 Å². The summed E-state index contributed by atoms with van der Waals surface area (Å²) in [6, 6.07) is 28.1. The number of benzene rings is 4. The van der Waals surface area contributed by atoms with Crippen LogP contribution in [0.5, 0.6) is 5.75 Å². The molecule has 2 amide bonds. The highest BCUT2D eigenvalue weighted by Crippen LogP contribution is 2.26. The molecule has 4 rings (SSSR count). The molecule has 0 heterocycles. The maximum Gasteiger partial charge on any atom is 0.264 e. The summed E-state index contributed by atoms with van der Waals surface area (Å²) in [6.45, 7) is 1.73. The number of ether oxygens (including phenoxy) is 1. The number of rotatable bonds is 14. The van der Waals surface area contributed by atoms with Crippen molar-refractivity contribution < 1.29 is 27.1 Å². The third-order valence-corrected chi connectivity index (χ3v) is 8.82. The van der Waals surface area contributed by atoms with Crippen LogP contribution in [0.25, 0.3) is 0 Å². The zero-order valence-corrected chi connectivity index (χ0v) is 25.5. The van der Waals surface area contributed by atoms with E-state index in [2.05, 4.69) is 5.32 Å². The first kappa shape index (κ1) is 32.2. The summed E-state index contributed by atoms with van der Waals surface area (Å²) >= 11 is 0. The fraction of sp³-hybridized carbons (Fsp3) is 0.235. The predicted octanol–water partition coefficient (Wildman–Crippen LogP) is 5.20. The van der Waals surface area contributed by atoms with E-state index in [0.717, 1.165) is 22.0 Å². The highest BCUT2D eigenvalue weighted by Gasteiger charge is 2.34. The number of amides is 2. The normalized spacial score (nSPS) is 11.8. The van der Waals surface area contributed by atoms with E-state index in [9.17, 15) is 22.4 Å². The molecule has 0 aliphatic carbocycles. The second kappa shape index (κ2) is 15.2. The van der Waals surface area contributed by atoms with E-state index < -0.39 is 34.3 Å². The van der Waals surface area contributed by atoms with Crippen LogP contribution in [-0.2, 0) is 32.6 Å². The molecule has 1 N–H and O–H groups in total. The number of anilines is 1. The zero-order valence-electron chi connectivity index (χ0n) is 24.7. The van der Waals surface area contributed by atoms with Gasteiger partial charge in [0.1, 0.15) is 24.2 Å². The van der Waals surface area contributed by atoms with Crippen molar-refractivity contribution in [2.75, 3.05) is 24.5 Å². The minimum Gasteiger partial charge on any atom is -0.497 e. The average Bonchev–Trinajstić information content (AvgIpc) is 3.05. The lowest BCUT2D eigenvalue weighted by atomic mass is 10.0. The molecule has 44 heavy (non-hydrogen) atoms. The van der Waals surface area contributed by atoms with E-state index in [0.29, 0.717) is 24.3 Å². The van der Waals surface area contributed by atoms with Crippen LogP contribution < -0.4 is 14.4 Å². The lowest BCUT2D eigenvalue weighted by Crippen LogP contribution is -2.53. The molecule has 4 aromatic rings. The lowest BCUT2D eigenvalue weighted by molar-refractivity contribution is -0.140. The van der Waals surface area contributed by atoms with Crippen molar-refractivity contribution in [1.29, 1.82) is 0 Å². The van der Waals surface area contributed by atoms with Gasteiger partial charge in [0.15, 0.2) is 0 Å².